The van der Waals surface area contributed by atoms with E-state index in [4.69, 9.17) is 4.74 Å². The zero-order chi connectivity index (χ0) is 17.1. The minimum absolute atomic E-state index is 0.431. The van der Waals surface area contributed by atoms with E-state index in [1.165, 1.54) is 0 Å². The minimum atomic E-state index is 0.431. The molecule has 1 saturated heterocycles. The van der Waals surface area contributed by atoms with E-state index in [0.717, 1.165) is 48.5 Å². The largest absolute Gasteiger partial charge is 0.380 e. The Balaban J connectivity index is 1.29. The third-order valence-corrected chi connectivity index (χ3v) is 5.46. The third-order valence-electron chi connectivity index (χ3n) is 5.46. The molecule has 4 aromatic rings. The molecule has 2 aliphatic rings. The lowest BCUT2D eigenvalue weighted by molar-refractivity contribution is -0.160. The Morgan fingerprint density at radius 1 is 1.04 bits per heavy atom. The van der Waals surface area contributed by atoms with Gasteiger partial charge in [-0.15, -0.1) is 5.10 Å². The predicted molar refractivity (Wildman–Crippen MR) is 94.9 cm³/mol. The van der Waals surface area contributed by atoms with E-state index < -0.39 is 0 Å². The molecule has 1 spiro atoms. The molecule has 0 amide bonds. The van der Waals surface area contributed by atoms with Gasteiger partial charge in [-0.3, -0.25) is 0 Å². The van der Waals surface area contributed by atoms with E-state index in [9.17, 15) is 0 Å². The highest BCUT2D eigenvalue weighted by Crippen LogP contribution is 2.47. The number of nitrogens with one attached hydrogen (secondary N) is 1. The van der Waals surface area contributed by atoms with Gasteiger partial charge in [-0.25, -0.2) is 19.0 Å². The maximum atomic E-state index is 5.33. The topological polar surface area (TPSA) is 81.6 Å². The Morgan fingerprint density at radius 2 is 1.96 bits per heavy atom. The highest BCUT2D eigenvalue weighted by Gasteiger charge is 2.49. The Morgan fingerprint density at radius 3 is 2.81 bits per heavy atom. The summed E-state index contributed by atoms with van der Waals surface area (Å²) in [6, 6.07) is 6.39. The first kappa shape index (κ1) is 14.2. The molecule has 8 heteroatoms. The number of fused-ring (bicyclic) bond motifs is 2. The summed E-state index contributed by atoms with van der Waals surface area (Å²) in [5.74, 6) is 0.665. The number of rotatable bonds is 3. The SMILES string of the molecule is c1cn2nc(-c3ccn4nc(NC5CC6(COC6)C5)ncc34)ccc2n1. The van der Waals surface area contributed by atoms with E-state index >= 15 is 0 Å². The molecule has 0 aromatic carbocycles. The van der Waals surface area contributed by atoms with Gasteiger partial charge in [0.1, 0.15) is 0 Å². The van der Waals surface area contributed by atoms with E-state index in [1.54, 1.807) is 10.7 Å². The molecule has 130 valence electrons. The molecular weight excluding hydrogens is 330 g/mol. The Bertz CT molecular complexity index is 1120. The number of imidazole rings is 1. The van der Waals surface area contributed by atoms with Crippen molar-refractivity contribution in [3.8, 4) is 11.3 Å². The standard InChI is InChI=1S/C18H17N7O/c1-2-16-19-4-6-25(16)22-14(1)13-3-5-24-15(13)9-20-17(23-24)21-12-7-18(8-12)10-26-11-18/h1-6,9,12H,7-8,10-11H2,(H,21,23). The summed E-state index contributed by atoms with van der Waals surface area (Å²) >= 11 is 0. The molecule has 0 atom stereocenters. The molecule has 0 bridgehead atoms. The van der Waals surface area contributed by atoms with Gasteiger partial charge in [0.15, 0.2) is 5.65 Å². The van der Waals surface area contributed by atoms with Gasteiger partial charge in [0.05, 0.1) is 30.6 Å². The molecule has 1 aliphatic heterocycles. The van der Waals surface area contributed by atoms with Crippen LogP contribution in [0, 0.1) is 5.41 Å². The van der Waals surface area contributed by atoms with Crippen molar-refractivity contribution >= 4 is 17.1 Å². The van der Waals surface area contributed by atoms with Crippen molar-refractivity contribution in [2.45, 2.75) is 18.9 Å². The van der Waals surface area contributed by atoms with Crippen LogP contribution in [0.2, 0.25) is 0 Å². The van der Waals surface area contributed by atoms with Crippen molar-refractivity contribution in [2.24, 2.45) is 5.41 Å². The number of ether oxygens (including phenoxy) is 1. The van der Waals surface area contributed by atoms with Crippen molar-refractivity contribution in [1.29, 1.82) is 0 Å². The summed E-state index contributed by atoms with van der Waals surface area (Å²) in [7, 11) is 0. The summed E-state index contributed by atoms with van der Waals surface area (Å²) in [6.07, 6.45) is 9.66. The number of hydrogen-bond donors (Lipinski definition) is 1. The first-order valence-corrected chi connectivity index (χ1v) is 8.78. The van der Waals surface area contributed by atoms with Crippen molar-refractivity contribution in [3.63, 3.8) is 0 Å². The van der Waals surface area contributed by atoms with Crippen LogP contribution in [0.5, 0.6) is 0 Å². The Kier molecular flexibility index (Phi) is 2.74. The fourth-order valence-electron chi connectivity index (χ4n) is 4.04. The van der Waals surface area contributed by atoms with Crippen LogP contribution in [0.15, 0.2) is 43.0 Å². The lowest BCUT2D eigenvalue weighted by Crippen LogP contribution is -2.56. The molecule has 6 rings (SSSR count). The van der Waals surface area contributed by atoms with Crippen LogP contribution in [0.25, 0.3) is 22.4 Å². The van der Waals surface area contributed by atoms with E-state index in [-0.39, 0.29) is 0 Å². The minimum Gasteiger partial charge on any atom is -0.380 e. The lowest BCUT2D eigenvalue weighted by atomic mass is 9.64. The summed E-state index contributed by atoms with van der Waals surface area (Å²) in [4.78, 5) is 8.74. The van der Waals surface area contributed by atoms with Gasteiger partial charge >= 0.3 is 0 Å². The molecule has 1 N–H and O–H groups in total. The van der Waals surface area contributed by atoms with Gasteiger partial charge in [-0.05, 0) is 31.0 Å². The highest BCUT2D eigenvalue weighted by molar-refractivity contribution is 5.78. The maximum absolute atomic E-state index is 5.33. The lowest BCUT2D eigenvalue weighted by Gasteiger charge is -2.53. The van der Waals surface area contributed by atoms with Gasteiger partial charge in [0.2, 0.25) is 5.95 Å². The van der Waals surface area contributed by atoms with Crippen molar-refractivity contribution in [1.82, 2.24) is 29.2 Å². The van der Waals surface area contributed by atoms with Crippen LogP contribution in [0.4, 0.5) is 5.95 Å². The maximum Gasteiger partial charge on any atom is 0.241 e. The van der Waals surface area contributed by atoms with Gasteiger partial charge in [0, 0.05) is 35.6 Å². The predicted octanol–water partition coefficient (Wildman–Crippen LogP) is 2.03. The smallest absolute Gasteiger partial charge is 0.241 e. The molecule has 26 heavy (non-hydrogen) atoms. The molecule has 1 saturated carbocycles. The average Bonchev–Trinajstić information content (AvgIpc) is 3.21. The second-order valence-corrected chi connectivity index (χ2v) is 7.33. The average molecular weight is 347 g/mol. The molecule has 0 radical (unpaired) electrons. The fraction of sp³-hybridized carbons (Fsp3) is 0.333. The van der Waals surface area contributed by atoms with Crippen LogP contribution in [0.3, 0.4) is 0 Å². The number of nitrogens with zero attached hydrogens (tertiary/aromatic N) is 6. The summed E-state index contributed by atoms with van der Waals surface area (Å²) < 4.78 is 8.95. The highest BCUT2D eigenvalue weighted by atomic mass is 16.5. The zero-order valence-corrected chi connectivity index (χ0v) is 14.0. The molecular formula is C18H17N7O. The van der Waals surface area contributed by atoms with Gasteiger partial charge < -0.3 is 10.1 Å². The molecule has 1 aliphatic carbocycles. The van der Waals surface area contributed by atoms with Crippen LogP contribution in [0.1, 0.15) is 12.8 Å². The van der Waals surface area contributed by atoms with Crippen molar-refractivity contribution in [2.75, 3.05) is 18.5 Å². The summed E-state index contributed by atoms with van der Waals surface area (Å²) in [6.45, 7) is 1.81. The van der Waals surface area contributed by atoms with Crippen LogP contribution in [-0.4, -0.2) is 48.5 Å². The Labute approximate surface area is 148 Å². The summed E-state index contributed by atoms with van der Waals surface area (Å²) in [5.41, 5.74) is 4.06. The van der Waals surface area contributed by atoms with E-state index in [1.807, 2.05) is 41.3 Å². The number of hydrogen-bond acceptors (Lipinski definition) is 6. The second-order valence-electron chi connectivity index (χ2n) is 7.33. The normalized spacial score (nSPS) is 18.9. The molecule has 8 nitrogen and oxygen atoms in total. The quantitative estimate of drug-likeness (QED) is 0.611. The fourth-order valence-corrected chi connectivity index (χ4v) is 4.04. The first-order chi connectivity index (χ1) is 12.8. The third kappa shape index (κ3) is 2.05. The molecule has 0 unspecified atom stereocenters. The van der Waals surface area contributed by atoms with Crippen LogP contribution < -0.4 is 5.32 Å². The first-order valence-electron chi connectivity index (χ1n) is 8.78. The summed E-state index contributed by atoms with van der Waals surface area (Å²) in [5, 5.41) is 12.7. The van der Waals surface area contributed by atoms with Gasteiger partial charge in [-0.1, -0.05) is 0 Å². The van der Waals surface area contributed by atoms with Gasteiger partial charge in [0.25, 0.3) is 0 Å². The zero-order valence-electron chi connectivity index (χ0n) is 14.0. The monoisotopic (exact) mass is 347 g/mol. The van der Waals surface area contributed by atoms with Crippen molar-refractivity contribution < 1.29 is 4.74 Å². The number of aromatic nitrogens is 6. The van der Waals surface area contributed by atoms with E-state index in [2.05, 4.69) is 25.5 Å². The Hall–Kier alpha value is -3.00. The van der Waals surface area contributed by atoms with E-state index in [0.29, 0.717) is 17.4 Å². The van der Waals surface area contributed by atoms with Crippen LogP contribution in [-0.2, 0) is 4.74 Å². The van der Waals surface area contributed by atoms with Crippen molar-refractivity contribution in [3.05, 3.63) is 43.0 Å². The van der Waals surface area contributed by atoms with Crippen LogP contribution >= 0.6 is 0 Å². The molecule has 2 fully saturated rings. The van der Waals surface area contributed by atoms with Gasteiger partial charge in [-0.2, -0.15) is 5.10 Å². The molecule has 4 aromatic heterocycles. The molecule has 5 heterocycles. The number of anilines is 1. The second kappa shape index (κ2) is 5.01.